The third-order valence-corrected chi connectivity index (χ3v) is 3.71. The molecule has 0 radical (unpaired) electrons. The zero-order valence-electron chi connectivity index (χ0n) is 11.0. The van der Waals surface area contributed by atoms with E-state index in [4.69, 9.17) is 0 Å². The zero-order chi connectivity index (χ0) is 13.1. The molecule has 2 heteroatoms. The van der Waals surface area contributed by atoms with Crippen LogP contribution in [-0.2, 0) is 6.54 Å². The van der Waals surface area contributed by atoms with Gasteiger partial charge in [-0.3, -0.25) is 4.90 Å². The molecule has 0 aliphatic carbocycles. The number of β-amino-alcohol motifs (C(OH)–C–C–N with tert-alkyl or cyclic N) is 1. The zero-order valence-corrected chi connectivity index (χ0v) is 11.0. The second-order valence-electron chi connectivity index (χ2n) is 5.24. The van der Waals surface area contributed by atoms with Gasteiger partial charge in [0.2, 0.25) is 0 Å². The third-order valence-electron chi connectivity index (χ3n) is 3.71. The Hall–Kier alpha value is -1.64. The van der Waals surface area contributed by atoms with E-state index in [1.807, 2.05) is 6.07 Å². The largest absolute Gasteiger partial charge is 0.392 e. The van der Waals surface area contributed by atoms with Crippen molar-refractivity contribution in [2.24, 2.45) is 0 Å². The summed E-state index contributed by atoms with van der Waals surface area (Å²) >= 11 is 0. The molecule has 98 valence electrons. The van der Waals surface area contributed by atoms with Crippen LogP contribution in [-0.4, -0.2) is 29.2 Å². The number of benzene rings is 2. The van der Waals surface area contributed by atoms with Crippen molar-refractivity contribution in [3.05, 3.63) is 60.2 Å². The van der Waals surface area contributed by atoms with E-state index in [1.54, 1.807) is 0 Å². The summed E-state index contributed by atoms with van der Waals surface area (Å²) in [6, 6.07) is 19.2. The van der Waals surface area contributed by atoms with Crippen LogP contribution in [0.4, 0.5) is 0 Å². The van der Waals surface area contributed by atoms with Gasteiger partial charge in [0, 0.05) is 19.6 Å². The number of rotatable bonds is 3. The molecular formula is C17H19NO. The van der Waals surface area contributed by atoms with Gasteiger partial charge in [-0.25, -0.2) is 0 Å². The highest BCUT2D eigenvalue weighted by molar-refractivity contribution is 5.63. The number of aliphatic hydroxyl groups is 1. The molecule has 1 fully saturated rings. The smallest absolute Gasteiger partial charge is 0.0679 e. The van der Waals surface area contributed by atoms with Crippen molar-refractivity contribution in [3.8, 4) is 11.1 Å². The van der Waals surface area contributed by atoms with Gasteiger partial charge in [-0.15, -0.1) is 0 Å². The molecule has 1 heterocycles. The molecule has 1 aliphatic heterocycles. The van der Waals surface area contributed by atoms with Crippen LogP contribution in [0.15, 0.2) is 54.6 Å². The Morgan fingerprint density at radius 1 is 0.947 bits per heavy atom. The molecule has 2 aromatic rings. The fraction of sp³-hybridized carbons (Fsp3) is 0.294. The molecule has 0 spiro atoms. The molecule has 1 N–H and O–H groups in total. The lowest BCUT2D eigenvalue weighted by molar-refractivity contribution is 0.175. The van der Waals surface area contributed by atoms with Crippen molar-refractivity contribution in [1.29, 1.82) is 0 Å². The van der Waals surface area contributed by atoms with Crippen LogP contribution in [0, 0.1) is 0 Å². The van der Waals surface area contributed by atoms with Gasteiger partial charge < -0.3 is 5.11 Å². The van der Waals surface area contributed by atoms with Gasteiger partial charge in [0.1, 0.15) is 0 Å². The fourth-order valence-corrected chi connectivity index (χ4v) is 2.65. The Morgan fingerprint density at radius 3 is 2.26 bits per heavy atom. The second-order valence-corrected chi connectivity index (χ2v) is 5.24. The minimum Gasteiger partial charge on any atom is -0.392 e. The predicted molar refractivity (Wildman–Crippen MR) is 77.8 cm³/mol. The normalized spacial score (nSPS) is 19.7. The highest BCUT2D eigenvalue weighted by Gasteiger charge is 2.19. The number of hydrogen-bond donors (Lipinski definition) is 1. The molecule has 0 amide bonds. The lowest BCUT2D eigenvalue weighted by Crippen LogP contribution is -2.21. The van der Waals surface area contributed by atoms with Crippen molar-refractivity contribution in [3.63, 3.8) is 0 Å². The standard InChI is InChI=1S/C17H19NO/c19-17-10-11-18(13-17)12-14-6-8-16(9-7-14)15-4-2-1-3-5-15/h1-9,17,19H,10-13H2/t17-/m1/s1. The molecule has 0 saturated carbocycles. The molecule has 1 atom stereocenters. The first-order valence-corrected chi connectivity index (χ1v) is 6.86. The molecular weight excluding hydrogens is 234 g/mol. The first-order chi connectivity index (χ1) is 9.31. The molecule has 1 aliphatic rings. The van der Waals surface area contributed by atoms with E-state index in [-0.39, 0.29) is 6.10 Å². The predicted octanol–water partition coefficient (Wildman–Crippen LogP) is 2.92. The molecule has 0 aromatic heterocycles. The summed E-state index contributed by atoms with van der Waals surface area (Å²) in [5.41, 5.74) is 3.82. The minimum absolute atomic E-state index is 0.136. The quantitative estimate of drug-likeness (QED) is 0.909. The van der Waals surface area contributed by atoms with Crippen molar-refractivity contribution in [2.45, 2.75) is 19.1 Å². The summed E-state index contributed by atoms with van der Waals surface area (Å²) in [5, 5.41) is 9.53. The van der Waals surface area contributed by atoms with Crippen molar-refractivity contribution in [1.82, 2.24) is 4.90 Å². The SMILES string of the molecule is O[C@@H]1CCN(Cc2ccc(-c3ccccc3)cc2)C1. The summed E-state index contributed by atoms with van der Waals surface area (Å²) < 4.78 is 0. The monoisotopic (exact) mass is 253 g/mol. The van der Waals surface area contributed by atoms with Gasteiger partial charge in [-0.05, 0) is 23.1 Å². The second kappa shape index (κ2) is 5.55. The maximum atomic E-state index is 9.53. The maximum absolute atomic E-state index is 9.53. The maximum Gasteiger partial charge on any atom is 0.0679 e. The minimum atomic E-state index is -0.136. The topological polar surface area (TPSA) is 23.5 Å². The summed E-state index contributed by atoms with van der Waals surface area (Å²) in [4.78, 5) is 2.31. The van der Waals surface area contributed by atoms with E-state index in [0.717, 1.165) is 26.1 Å². The van der Waals surface area contributed by atoms with Crippen LogP contribution in [0.5, 0.6) is 0 Å². The van der Waals surface area contributed by atoms with E-state index < -0.39 is 0 Å². The van der Waals surface area contributed by atoms with Gasteiger partial charge in [0.15, 0.2) is 0 Å². The summed E-state index contributed by atoms with van der Waals surface area (Å²) in [6.45, 7) is 2.74. The molecule has 2 nitrogen and oxygen atoms in total. The first-order valence-electron chi connectivity index (χ1n) is 6.86. The van der Waals surface area contributed by atoms with E-state index in [9.17, 15) is 5.11 Å². The van der Waals surface area contributed by atoms with E-state index in [2.05, 4.69) is 53.4 Å². The molecule has 0 unspecified atom stereocenters. The average Bonchev–Trinajstić information content (AvgIpc) is 2.86. The van der Waals surface area contributed by atoms with Gasteiger partial charge in [-0.2, -0.15) is 0 Å². The van der Waals surface area contributed by atoms with E-state index >= 15 is 0 Å². The highest BCUT2D eigenvalue weighted by atomic mass is 16.3. The van der Waals surface area contributed by atoms with E-state index in [1.165, 1.54) is 16.7 Å². The van der Waals surface area contributed by atoms with E-state index in [0.29, 0.717) is 0 Å². The van der Waals surface area contributed by atoms with Crippen LogP contribution in [0.2, 0.25) is 0 Å². The van der Waals surface area contributed by atoms with Crippen LogP contribution in [0.25, 0.3) is 11.1 Å². The van der Waals surface area contributed by atoms with Crippen LogP contribution in [0.3, 0.4) is 0 Å². The number of nitrogens with zero attached hydrogens (tertiary/aromatic N) is 1. The van der Waals surface area contributed by atoms with Gasteiger partial charge in [0.05, 0.1) is 6.10 Å². The van der Waals surface area contributed by atoms with Crippen molar-refractivity contribution in [2.75, 3.05) is 13.1 Å². The molecule has 3 rings (SSSR count). The van der Waals surface area contributed by atoms with Crippen molar-refractivity contribution >= 4 is 0 Å². The molecule has 19 heavy (non-hydrogen) atoms. The van der Waals surface area contributed by atoms with Gasteiger partial charge >= 0.3 is 0 Å². The molecule has 1 saturated heterocycles. The fourth-order valence-electron chi connectivity index (χ4n) is 2.65. The number of likely N-dealkylation sites (tertiary alicyclic amines) is 1. The van der Waals surface area contributed by atoms with Crippen LogP contribution < -0.4 is 0 Å². The average molecular weight is 253 g/mol. The lowest BCUT2D eigenvalue weighted by Gasteiger charge is -2.15. The van der Waals surface area contributed by atoms with Crippen molar-refractivity contribution < 1.29 is 5.11 Å². The lowest BCUT2D eigenvalue weighted by atomic mass is 10.0. The number of aliphatic hydroxyl groups excluding tert-OH is 1. The Kier molecular flexibility index (Phi) is 3.62. The molecule has 2 aromatic carbocycles. The first kappa shape index (κ1) is 12.4. The van der Waals surface area contributed by atoms with Gasteiger partial charge in [-0.1, -0.05) is 54.6 Å². The third kappa shape index (κ3) is 3.03. The highest BCUT2D eigenvalue weighted by Crippen LogP contribution is 2.20. The number of hydrogen-bond acceptors (Lipinski definition) is 2. The summed E-state index contributed by atoms with van der Waals surface area (Å²) in [7, 11) is 0. The van der Waals surface area contributed by atoms with Crippen LogP contribution in [0.1, 0.15) is 12.0 Å². The molecule has 0 bridgehead atoms. The Balaban J connectivity index is 1.69. The van der Waals surface area contributed by atoms with Gasteiger partial charge in [0.25, 0.3) is 0 Å². The van der Waals surface area contributed by atoms with Crippen LogP contribution >= 0.6 is 0 Å². The Morgan fingerprint density at radius 2 is 1.63 bits per heavy atom. The Bertz CT molecular complexity index is 521. The summed E-state index contributed by atoms with van der Waals surface area (Å²) in [5.74, 6) is 0. The Labute approximate surface area is 114 Å². The summed E-state index contributed by atoms with van der Waals surface area (Å²) in [6.07, 6.45) is 0.769.